The molecule has 41 heavy (non-hydrogen) atoms. The lowest BCUT2D eigenvalue weighted by atomic mass is 9.87. The molecule has 3 aromatic carbocycles. The molecule has 0 fully saturated rings. The van der Waals surface area contributed by atoms with E-state index >= 15 is 0 Å². The van der Waals surface area contributed by atoms with E-state index in [4.69, 9.17) is 25.8 Å². The van der Waals surface area contributed by atoms with Crippen molar-refractivity contribution in [3.8, 4) is 5.75 Å². The molecule has 0 aliphatic carbocycles. The van der Waals surface area contributed by atoms with Crippen molar-refractivity contribution in [1.29, 1.82) is 0 Å². The third-order valence-corrected chi connectivity index (χ3v) is 7.93. The van der Waals surface area contributed by atoms with Gasteiger partial charge in [-0.3, -0.25) is 0 Å². The minimum absolute atomic E-state index is 0.0222. The first kappa shape index (κ1) is 28.8. The zero-order valence-corrected chi connectivity index (χ0v) is 23.9. The van der Waals surface area contributed by atoms with Crippen molar-refractivity contribution < 1.29 is 27.0 Å². The molecule has 11 heteroatoms. The number of nitrogens with one attached hydrogen (secondary N) is 1. The first-order valence-corrected chi connectivity index (χ1v) is 15.4. The van der Waals surface area contributed by atoms with Gasteiger partial charge in [-0.15, -0.1) is 0 Å². The highest BCUT2D eigenvalue weighted by Crippen LogP contribution is 2.40. The molecule has 0 radical (unpaired) electrons. The molecule has 0 bridgehead atoms. The highest BCUT2D eigenvalue weighted by atomic mass is 35.5. The Kier molecular flexibility index (Phi) is 8.72. The first-order valence-electron chi connectivity index (χ1n) is 13.0. The summed E-state index contributed by atoms with van der Waals surface area (Å²) in [7, 11) is -3.08. The van der Waals surface area contributed by atoms with E-state index in [1.165, 1.54) is 24.7 Å². The molecule has 5 rings (SSSR count). The largest absolute Gasteiger partial charge is 0.490 e. The molecule has 1 unspecified atom stereocenters. The van der Waals surface area contributed by atoms with E-state index in [1.807, 2.05) is 30.3 Å². The van der Waals surface area contributed by atoms with E-state index in [9.17, 15) is 12.8 Å². The molecule has 1 aromatic heterocycles. The Bertz CT molecular complexity index is 1670. The van der Waals surface area contributed by atoms with Gasteiger partial charge in [-0.05, 0) is 59.7 Å². The van der Waals surface area contributed by atoms with Gasteiger partial charge in [0.05, 0.1) is 35.8 Å². The SMILES string of the molecule is CS(=O)(=O)CCOCCC1(c2ccc3ncnc(Nc4ccc(OCc5cccc(F)c5)c(Cl)c4)c3c2)CC=CO1. The van der Waals surface area contributed by atoms with Crippen LogP contribution in [0.1, 0.15) is 24.0 Å². The monoisotopic (exact) mass is 597 g/mol. The highest BCUT2D eigenvalue weighted by molar-refractivity contribution is 7.90. The number of benzene rings is 3. The summed E-state index contributed by atoms with van der Waals surface area (Å²) in [6.45, 7) is 0.669. The van der Waals surface area contributed by atoms with Crippen molar-refractivity contribution >= 4 is 43.8 Å². The Hall–Kier alpha value is -3.73. The van der Waals surface area contributed by atoms with Crippen LogP contribution in [-0.2, 0) is 31.5 Å². The number of sulfone groups is 1. The van der Waals surface area contributed by atoms with Crippen molar-refractivity contribution in [2.24, 2.45) is 0 Å². The Morgan fingerprint density at radius 1 is 1.10 bits per heavy atom. The van der Waals surface area contributed by atoms with E-state index < -0.39 is 15.4 Å². The number of hydrogen-bond acceptors (Lipinski definition) is 8. The topological polar surface area (TPSA) is 99.6 Å². The maximum Gasteiger partial charge on any atom is 0.149 e. The minimum atomic E-state index is -3.08. The summed E-state index contributed by atoms with van der Waals surface area (Å²) in [5.41, 5.74) is 2.44. The van der Waals surface area contributed by atoms with Crippen molar-refractivity contribution in [3.05, 3.63) is 101 Å². The summed E-state index contributed by atoms with van der Waals surface area (Å²) >= 11 is 6.50. The molecule has 8 nitrogen and oxygen atoms in total. The number of halogens is 2. The van der Waals surface area contributed by atoms with Crippen LogP contribution in [-0.4, -0.2) is 43.6 Å². The fourth-order valence-corrected chi connectivity index (χ4v) is 5.22. The number of aromatic nitrogens is 2. The predicted molar refractivity (Wildman–Crippen MR) is 157 cm³/mol. The van der Waals surface area contributed by atoms with Gasteiger partial charge in [0.25, 0.3) is 0 Å². The smallest absolute Gasteiger partial charge is 0.149 e. The van der Waals surface area contributed by atoms with Crippen molar-refractivity contribution in [2.75, 3.05) is 30.5 Å². The van der Waals surface area contributed by atoms with Crippen LogP contribution in [0, 0.1) is 5.82 Å². The van der Waals surface area contributed by atoms with Crippen molar-refractivity contribution in [3.63, 3.8) is 0 Å². The number of nitrogens with zero attached hydrogens (tertiary/aromatic N) is 2. The van der Waals surface area contributed by atoms with E-state index in [0.717, 1.165) is 16.5 Å². The minimum Gasteiger partial charge on any atom is -0.490 e. The second-order valence-electron chi connectivity index (χ2n) is 9.82. The zero-order valence-electron chi connectivity index (χ0n) is 22.3. The second kappa shape index (κ2) is 12.4. The fourth-order valence-electron chi connectivity index (χ4n) is 4.57. The first-order chi connectivity index (χ1) is 19.7. The maximum atomic E-state index is 13.5. The third kappa shape index (κ3) is 7.32. The Morgan fingerprint density at radius 2 is 1.98 bits per heavy atom. The van der Waals surface area contributed by atoms with Gasteiger partial charge in [-0.1, -0.05) is 29.8 Å². The quantitative estimate of drug-likeness (QED) is 0.189. The van der Waals surface area contributed by atoms with Crippen LogP contribution in [0.2, 0.25) is 5.02 Å². The highest BCUT2D eigenvalue weighted by Gasteiger charge is 2.35. The normalized spacial score (nSPS) is 16.6. The molecule has 1 aliphatic heterocycles. The molecule has 0 spiro atoms. The summed E-state index contributed by atoms with van der Waals surface area (Å²) in [5.74, 6) is 0.720. The Balaban J connectivity index is 1.32. The average Bonchev–Trinajstić information content (AvgIpc) is 3.42. The van der Waals surface area contributed by atoms with Gasteiger partial charge in [0.15, 0.2) is 0 Å². The summed E-state index contributed by atoms with van der Waals surface area (Å²) in [6, 6.07) is 17.4. The summed E-state index contributed by atoms with van der Waals surface area (Å²) in [5, 5.41) is 4.51. The zero-order chi connectivity index (χ0) is 28.9. The van der Waals surface area contributed by atoms with Crippen LogP contribution in [0.5, 0.6) is 5.75 Å². The predicted octanol–water partition coefficient (Wildman–Crippen LogP) is 6.33. The lowest BCUT2D eigenvalue weighted by molar-refractivity contribution is 0.00281. The number of rotatable bonds is 12. The van der Waals surface area contributed by atoms with E-state index in [2.05, 4.69) is 15.3 Å². The number of fused-ring (bicyclic) bond motifs is 1. The lowest BCUT2D eigenvalue weighted by Crippen LogP contribution is -2.27. The molecule has 2 heterocycles. The van der Waals surface area contributed by atoms with Crippen LogP contribution in [0.3, 0.4) is 0 Å². The maximum absolute atomic E-state index is 13.5. The fraction of sp³-hybridized carbons (Fsp3) is 0.267. The molecular formula is C30H29ClFN3O5S. The summed E-state index contributed by atoms with van der Waals surface area (Å²) < 4.78 is 53.7. The lowest BCUT2D eigenvalue weighted by Gasteiger charge is -2.29. The molecular weight excluding hydrogens is 569 g/mol. The number of ether oxygens (including phenoxy) is 3. The van der Waals surface area contributed by atoms with Gasteiger partial charge < -0.3 is 19.5 Å². The summed E-state index contributed by atoms with van der Waals surface area (Å²) in [6.07, 6.45) is 7.51. The second-order valence-corrected chi connectivity index (χ2v) is 12.5. The molecule has 1 N–H and O–H groups in total. The summed E-state index contributed by atoms with van der Waals surface area (Å²) in [4.78, 5) is 8.88. The van der Waals surface area contributed by atoms with Gasteiger partial charge >= 0.3 is 0 Å². The molecule has 1 atom stereocenters. The van der Waals surface area contributed by atoms with E-state index in [0.29, 0.717) is 47.3 Å². The van der Waals surface area contributed by atoms with Gasteiger partial charge in [0.2, 0.25) is 0 Å². The van der Waals surface area contributed by atoms with Crippen molar-refractivity contribution in [2.45, 2.75) is 25.0 Å². The average molecular weight is 598 g/mol. The Labute approximate surface area is 243 Å². The van der Waals surface area contributed by atoms with Gasteiger partial charge in [0, 0.05) is 30.2 Å². The van der Waals surface area contributed by atoms with Crippen molar-refractivity contribution in [1.82, 2.24) is 9.97 Å². The molecule has 4 aromatic rings. The third-order valence-electron chi connectivity index (χ3n) is 6.73. The van der Waals surface area contributed by atoms with Gasteiger partial charge in [0.1, 0.15) is 45.8 Å². The molecule has 214 valence electrons. The van der Waals surface area contributed by atoms with Gasteiger partial charge in [-0.2, -0.15) is 0 Å². The standard InChI is InChI=1S/C30H29ClFN3O5S/c1-41(36,37)15-14-38-13-11-30(10-3-12-40-30)22-6-8-27-25(17-22)29(34-20-33-27)35-24-7-9-28(26(31)18-24)39-19-21-4-2-5-23(32)16-21/h2-9,12,16-18,20H,10-11,13-15,19H2,1H3,(H,33,34,35). The van der Waals surface area contributed by atoms with E-state index in [-0.39, 0.29) is 24.8 Å². The van der Waals surface area contributed by atoms with Gasteiger partial charge in [-0.25, -0.2) is 22.8 Å². The molecule has 0 saturated heterocycles. The van der Waals surface area contributed by atoms with Crippen LogP contribution in [0.25, 0.3) is 10.9 Å². The molecule has 0 amide bonds. The molecule has 0 saturated carbocycles. The van der Waals surface area contributed by atoms with Crippen LogP contribution < -0.4 is 10.1 Å². The molecule has 1 aliphatic rings. The number of hydrogen-bond donors (Lipinski definition) is 1. The van der Waals surface area contributed by atoms with Crippen LogP contribution >= 0.6 is 11.6 Å². The van der Waals surface area contributed by atoms with E-state index in [1.54, 1.807) is 30.5 Å². The Morgan fingerprint density at radius 3 is 2.73 bits per heavy atom. The van der Waals surface area contributed by atoms with Crippen LogP contribution in [0.4, 0.5) is 15.9 Å². The van der Waals surface area contributed by atoms with Crippen LogP contribution in [0.15, 0.2) is 79.3 Å². The number of anilines is 2.